The Morgan fingerprint density at radius 1 is 1.00 bits per heavy atom. The average molecular weight is 221 g/mol. The minimum Gasteiger partial charge on any atom is -0.429 e. The summed E-state index contributed by atoms with van der Waals surface area (Å²) >= 11 is 0. The molecule has 0 fully saturated rings. The summed E-state index contributed by atoms with van der Waals surface area (Å²) < 4.78 is 13.1. The van der Waals surface area contributed by atoms with Crippen LogP contribution in [0.15, 0.2) is 0 Å². The predicted molar refractivity (Wildman–Crippen MR) is 45.1 cm³/mol. The van der Waals surface area contributed by atoms with Gasteiger partial charge in [-0.05, 0) is 0 Å². The minimum absolute atomic E-state index is 1.09. The van der Waals surface area contributed by atoms with Crippen LogP contribution in [0.3, 0.4) is 0 Å². The Morgan fingerprint density at radius 3 is 1.73 bits per heavy atom. The van der Waals surface area contributed by atoms with Crippen LogP contribution < -0.4 is 17.2 Å². The van der Waals surface area contributed by atoms with Crippen molar-refractivity contribution in [1.82, 2.24) is 0 Å². The quantitative estimate of drug-likeness (QED) is 0.455. The number of methoxy groups -OCH3 is 1. The Hall–Kier alpha value is -2.03. The van der Waals surface area contributed by atoms with E-state index >= 15 is 0 Å². The molecule has 0 aromatic heterocycles. The Balaban J connectivity index is 4.61. The molecule has 9 heteroatoms. The fraction of sp³-hybridized carbons (Fsp3) is 0.500. The normalized spacial score (nSPS) is 13.7. The molecule has 2 atom stereocenters. The van der Waals surface area contributed by atoms with Gasteiger partial charge in [0.15, 0.2) is 0 Å². The van der Waals surface area contributed by atoms with E-state index in [1.165, 1.54) is 0 Å². The van der Waals surface area contributed by atoms with Gasteiger partial charge in [-0.25, -0.2) is 9.59 Å². The number of carbonyl (C=O) groups is 3. The van der Waals surface area contributed by atoms with Gasteiger partial charge in [-0.2, -0.15) is 0 Å². The summed E-state index contributed by atoms with van der Waals surface area (Å²) in [6, 6.07) is 0. The Labute approximate surface area is 84.4 Å². The smallest absolute Gasteiger partial charge is 0.406 e. The van der Waals surface area contributed by atoms with Gasteiger partial charge in [0.05, 0.1) is 0 Å². The molecule has 0 aliphatic heterocycles. The standard InChI is InChI=1S/C6H11N3O6/c1-13-4(15-6(9)12)2(3(7)10)14-5(8)11/h2,4H,1H3,(H2,7,10)(H2,8,11)(H2,9,12)/t2-,4+/m1/s1. The van der Waals surface area contributed by atoms with Crippen LogP contribution in [-0.2, 0) is 19.0 Å². The van der Waals surface area contributed by atoms with E-state index in [4.69, 9.17) is 5.73 Å². The number of hydrogen-bond acceptors (Lipinski definition) is 6. The molecule has 0 radical (unpaired) electrons. The molecule has 0 aromatic rings. The van der Waals surface area contributed by atoms with Gasteiger partial charge in [0.25, 0.3) is 12.2 Å². The summed E-state index contributed by atoms with van der Waals surface area (Å²) in [5.41, 5.74) is 14.2. The average Bonchev–Trinajstić information content (AvgIpc) is 2.09. The van der Waals surface area contributed by atoms with Crippen molar-refractivity contribution >= 4 is 18.1 Å². The molecule has 0 spiro atoms. The van der Waals surface area contributed by atoms with Crippen LogP contribution in [0.25, 0.3) is 0 Å². The molecule has 0 saturated carbocycles. The van der Waals surface area contributed by atoms with Crippen molar-refractivity contribution in [1.29, 1.82) is 0 Å². The maximum atomic E-state index is 10.8. The van der Waals surface area contributed by atoms with E-state index in [1.54, 1.807) is 0 Å². The summed E-state index contributed by atoms with van der Waals surface area (Å²) in [5.74, 6) is -1.10. The number of amides is 3. The molecular formula is C6H11N3O6. The van der Waals surface area contributed by atoms with Crippen LogP contribution in [0.1, 0.15) is 0 Å². The SMILES string of the molecule is CO[C@@H](OC(N)=O)[C@H](OC(N)=O)C(N)=O. The lowest BCUT2D eigenvalue weighted by molar-refractivity contribution is -0.162. The molecule has 9 nitrogen and oxygen atoms in total. The van der Waals surface area contributed by atoms with E-state index in [9.17, 15) is 14.4 Å². The summed E-state index contributed by atoms with van der Waals surface area (Å²) in [7, 11) is 1.09. The van der Waals surface area contributed by atoms with E-state index < -0.39 is 30.5 Å². The molecular weight excluding hydrogens is 210 g/mol. The van der Waals surface area contributed by atoms with Crippen molar-refractivity contribution in [2.24, 2.45) is 17.2 Å². The van der Waals surface area contributed by atoms with Gasteiger partial charge < -0.3 is 31.4 Å². The van der Waals surface area contributed by atoms with Crippen LogP contribution in [0.2, 0.25) is 0 Å². The first-order chi connectivity index (χ1) is 6.88. The summed E-state index contributed by atoms with van der Waals surface area (Å²) in [6.07, 6.45) is -5.68. The third-order valence-electron chi connectivity index (χ3n) is 1.24. The largest absolute Gasteiger partial charge is 0.429 e. The van der Waals surface area contributed by atoms with E-state index in [2.05, 4.69) is 25.7 Å². The molecule has 0 aliphatic carbocycles. The van der Waals surface area contributed by atoms with Crippen molar-refractivity contribution in [3.05, 3.63) is 0 Å². The van der Waals surface area contributed by atoms with E-state index in [-0.39, 0.29) is 0 Å². The number of rotatable bonds is 5. The third kappa shape index (κ3) is 4.67. The topological polar surface area (TPSA) is 157 Å². The zero-order valence-corrected chi connectivity index (χ0v) is 7.84. The van der Waals surface area contributed by atoms with Crippen molar-refractivity contribution in [2.75, 3.05) is 7.11 Å². The first-order valence-corrected chi connectivity index (χ1v) is 3.62. The highest BCUT2D eigenvalue weighted by molar-refractivity contribution is 5.82. The molecule has 0 heterocycles. The highest BCUT2D eigenvalue weighted by Gasteiger charge is 2.32. The highest BCUT2D eigenvalue weighted by Crippen LogP contribution is 2.05. The summed E-state index contributed by atoms with van der Waals surface area (Å²) in [5, 5.41) is 0. The zero-order valence-electron chi connectivity index (χ0n) is 7.84. The Kier molecular flexibility index (Phi) is 4.88. The maximum Gasteiger partial charge on any atom is 0.406 e. The van der Waals surface area contributed by atoms with Gasteiger partial charge >= 0.3 is 12.2 Å². The van der Waals surface area contributed by atoms with Crippen LogP contribution >= 0.6 is 0 Å². The molecule has 6 N–H and O–H groups in total. The predicted octanol–water partition coefficient (Wildman–Crippen LogP) is -2.00. The van der Waals surface area contributed by atoms with Crippen molar-refractivity contribution in [3.63, 3.8) is 0 Å². The minimum atomic E-state index is -1.65. The molecule has 0 bridgehead atoms. The number of primary amides is 3. The van der Waals surface area contributed by atoms with Gasteiger partial charge in [0.1, 0.15) is 0 Å². The summed E-state index contributed by atoms with van der Waals surface area (Å²) in [4.78, 5) is 31.6. The lowest BCUT2D eigenvalue weighted by Gasteiger charge is -2.21. The number of nitrogens with two attached hydrogens (primary N) is 3. The van der Waals surface area contributed by atoms with E-state index in [0.29, 0.717) is 0 Å². The molecule has 3 amide bonds. The number of ether oxygens (including phenoxy) is 3. The second kappa shape index (κ2) is 5.65. The second-order valence-corrected chi connectivity index (χ2v) is 2.30. The van der Waals surface area contributed by atoms with Gasteiger partial charge in [0.2, 0.25) is 6.10 Å². The zero-order chi connectivity index (χ0) is 12.0. The molecule has 0 aliphatic rings. The molecule has 0 unspecified atom stereocenters. The van der Waals surface area contributed by atoms with Crippen LogP contribution in [0.5, 0.6) is 0 Å². The maximum absolute atomic E-state index is 10.8. The number of hydrogen-bond donors (Lipinski definition) is 3. The van der Waals surface area contributed by atoms with Crippen LogP contribution in [-0.4, -0.2) is 37.6 Å². The molecule has 15 heavy (non-hydrogen) atoms. The molecule has 0 aromatic carbocycles. The fourth-order valence-electron chi connectivity index (χ4n) is 0.721. The van der Waals surface area contributed by atoms with Crippen molar-refractivity contribution < 1.29 is 28.6 Å². The molecule has 86 valence electrons. The number of carbonyl (C=O) groups excluding carboxylic acids is 3. The molecule has 0 rings (SSSR count). The lowest BCUT2D eigenvalue weighted by atomic mass is 10.3. The van der Waals surface area contributed by atoms with E-state index in [1.807, 2.05) is 0 Å². The van der Waals surface area contributed by atoms with E-state index in [0.717, 1.165) is 7.11 Å². The van der Waals surface area contributed by atoms with Gasteiger partial charge in [0, 0.05) is 7.11 Å². The third-order valence-corrected chi connectivity index (χ3v) is 1.24. The van der Waals surface area contributed by atoms with Crippen LogP contribution in [0, 0.1) is 0 Å². The van der Waals surface area contributed by atoms with Gasteiger partial charge in [-0.15, -0.1) is 0 Å². The van der Waals surface area contributed by atoms with Crippen molar-refractivity contribution in [3.8, 4) is 0 Å². The Morgan fingerprint density at radius 2 is 1.47 bits per heavy atom. The lowest BCUT2D eigenvalue weighted by Crippen LogP contribution is -2.47. The van der Waals surface area contributed by atoms with Gasteiger partial charge in [-0.3, -0.25) is 4.79 Å². The fourth-order valence-corrected chi connectivity index (χ4v) is 0.721. The highest BCUT2D eigenvalue weighted by atomic mass is 16.7. The van der Waals surface area contributed by atoms with Crippen molar-refractivity contribution in [2.45, 2.75) is 12.4 Å². The van der Waals surface area contributed by atoms with Crippen LogP contribution in [0.4, 0.5) is 9.59 Å². The second-order valence-electron chi connectivity index (χ2n) is 2.30. The Bertz CT molecular complexity index is 268. The first kappa shape index (κ1) is 13.0. The van der Waals surface area contributed by atoms with Gasteiger partial charge in [-0.1, -0.05) is 0 Å². The first-order valence-electron chi connectivity index (χ1n) is 3.62. The summed E-state index contributed by atoms with van der Waals surface area (Å²) in [6.45, 7) is 0. The monoisotopic (exact) mass is 221 g/mol. The molecule has 0 saturated heterocycles.